The minimum absolute atomic E-state index is 0.185. The molecule has 0 aromatic heterocycles. The molecule has 254 valence electrons. The number of nitrogens with zero attached hydrogens (tertiary/aromatic N) is 2. The molecule has 0 spiro atoms. The molecule has 3 aliphatic rings. The largest absolute Gasteiger partial charge is 0.345 e. The average molecular weight is 681 g/mol. The Morgan fingerprint density at radius 2 is 1.11 bits per heavy atom. The van der Waals surface area contributed by atoms with Gasteiger partial charge in [-0.05, 0) is 110 Å². The summed E-state index contributed by atoms with van der Waals surface area (Å²) in [5, 5.41) is 0. The summed E-state index contributed by atoms with van der Waals surface area (Å²) in [7, 11) is 4.39. The molecule has 0 aliphatic heterocycles. The summed E-state index contributed by atoms with van der Waals surface area (Å²) in [5.74, 6) is 0. The fourth-order valence-electron chi connectivity index (χ4n) is 9.58. The average Bonchev–Trinajstić information content (AvgIpc) is 3.87. The van der Waals surface area contributed by atoms with E-state index in [4.69, 9.17) is 0 Å². The van der Waals surface area contributed by atoms with Gasteiger partial charge in [-0.1, -0.05) is 135 Å². The van der Waals surface area contributed by atoms with E-state index >= 15 is 0 Å². The van der Waals surface area contributed by atoms with E-state index in [1.807, 2.05) is 0 Å². The molecule has 0 N–H and O–H groups in total. The normalized spacial score (nSPS) is 16.5. The van der Waals surface area contributed by atoms with Crippen molar-refractivity contribution in [1.82, 2.24) is 0 Å². The number of fused-ring (bicyclic) bond motifs is 8. The molecule has 1 atom stereocenters. The molecule has 2 heteroatoms. The van der Waals surface area contributed by atoms with Crippen LogP contribution in [0, 0.1) is 0 Å². The highest BCUT2D eigenvalue weighted by Gasteiger charge is 2.49. The van der Waals surface area contributed by atoms with Gasteiger partial charge in [0.25, 0.3) is 0 Å². The second-order valence-electron chi connectivity index (χ2n) is 15.2. The molecule has 0 heterocycles. The summed E-state index contributed by atoms with van der Waals surface area (Å²) in [6, 6.07) is 58.5. The molecular formula is C51H40N2. The van der Waals surface area contributed by atoms with Crippen LogP contribution in [-0.4, -0.2) is 14.1 Å². The summed E-state index contributed by atoms with van der Waals surface area (Å²) < 4.78 is 0. The second kappa shape index (κ2) is 11.6. The SMILES string of the molecule is CN(c1ccccc1)c1cc(N(C)c2ccccc2)c2c(c1)C(c1ccccc1)(c1ccc3c(c1)C(C)(C)c1c-3ccc3c1C=C=C3)c1ccccc1-2. The number of anilines is 4. The summed E-state index contributed by atoms with van der Waals surface area (Å²) in [6.45, 7) is 4.80. The Balaban J connectivity index is 1.30. The standard InChI is InChI=1S/C51H40N2/c1-50(2)45-31-36(28-30-41(45)42-29-27-34-17-16-25-40(34)49(42)50)51(35-18-8-5-9-19-35)44-26-15-14-24-43(44)48-46(51)32-39(52(3)37-20-10-6-11-21-37)33-47(48)53(4)38-22-12-7-13-23-38/h5-15,17-33H,1-4H3. The quantitative estimate of drug-likeness (QED) is 0.161. The molecule has 1 unspecified atom stereocenters. The van der Waals surface area contributed by atoms with Crippen molar-refractivity contribution in [3.8, 4) is 22.3 Å². The van der Waals surface area contributed by atoms with Crippen LogP contribution in [0.2, 0.25) is 0 Å². The first kappa shape index (κ1) is 31.4. The zero-order valence-electron chi connectivity index (χ0n) is 30.6. The predicted octanol–water partition coefficient (Wildman–Crippen LogP) is 12.5. The fourth-order valence-corrected chi connectivity index (χ4v) is 9.58. The molecule has 0 fully saturated rings. The van der Waals surface area contributed by atoms with Gasteiger partial charge in [0.1, 0.15) is 0 Å². The molecular weight excluding hydrogens is 641 g/mol. The van der Waals surface area contributed by atoms with Crippen LogP contribution in [-0.2, 0) is 10.8 Å². The van der Waals surface area contributed by atoms with Crippen molar-refractivity contribution in [1.29, 1.82) is 0 Å². The molecule has 0 saturated carbocycles. The van der Waals surface area contributed by atoms with Gasteiger partial charge in [0.2, 0.25) is 0 Å². The minimum Gasteiger partial charge on any atom is -0.345 e. The van der Waals surface area contributed by atoms with Gasteiger partial charge in [-0.15, -0.1) is 5.73 Å². The first-order valence-electron chi connectivity index (χ1n) is 18.6. The first-order valence-corrected chi connectivity index (χ1v) is 18.6. The van der Waals surface area contributed by atoms with Crippen LogP contribution in [0.4, 0.5) is 22.7 Å². The van der Waals surface area contributed by atoms with E-state index in [2.05, 4.69) is 213 Å². The van der Waals surface area contributed by atoms with E-state index in [0.29, 0.717) is 0 Å². The maximum absolute atomic E-state index is 3.38. The van der Waals surface area contributed by atoms with Gasteiger partial charge in [0, 0.05) is 42.1 Å². The van der Waals surface area contributed by atoms with Crippen molar-refractivity contribution in [3.05, 3.63) is 208 Å². The molecule has 10 rings (SSSR count). The van der Waals surface area contributed by atoms with Gasteiger partial charge in [-0.2, -0.15) is 0 Å². The third-order valence-electron chi connectivity index (χ3n) is 12.1. The van der Waals surface area contributed by atoms with Crippen molar-refractivity contribution in [2.75, 3.05) is 23.9 Å². The van der Waals surface area contributed by atoms with Gasteiger partial charge in [0.05, 0.1) is 11.1 Å². The Morgan fingerprint density at radius 3 is 1.85 bits per heavy atom. The topological polar surface area (TPSA) is 6.48 Å². The number of benzene rings is 7. The van der Waals surface area contributed by atoms with Crippen molar-refractivity contribution >= 4 is 34.9 Å². The molecule has 3 aliphatic carbocycles. The van der Waals surface area contributed by atoms with Gasteiger partial charge in [-0.3, -0.25) is 0 Å². The monoisotopic (exact) mass is 680 g/mol. The zero-order chi connectivity index (χ0) is 35.9. The Bertz CT molecular complexity index is 2650. The van der Waals surface area contributed by atoms with Gasteiger partial charge >= 0.3 is 0 Å². The van der Waals surface area contributed by atoms with E-state index < -0.39 is 5.41 Å². The van der Waals surface area contributed by atoms with Gasteiger partial charge in [0.15, 0.2) is 0 Å². The molecule has 0 radical (unpaired) electrons. The Labute approximate surface area is 312 Å². The molecule has 2 nitrogen and oxygen atoms in total. The first-order chi connectivity index (χ1) is 25.9. The number of hydrogen-bond acceptors (Lipinski definition) is 2. The highest BCUT2D eigenvalue weighted by molar-refractivity contribution is 5.98. The molecule has 0 bridgehead atoms. The lowest BCUT2D eigenvalue weighted by Gasteiger charge is -2.36. The van der Waals surface area contributed by atoms with Gasteiger partial charge < -0.3 is 9.80 Å². The molecule has 0 saturated heterocycles. The number of hydrogen-bond donors (Lipinski definition) is 0. The van der Waals surface area contributed by atoms with Crippen LogP contribution in [0.5, 0.6) is 0 Å². The number of para-hydroxylation sites is 2. The van der Waals surface area contributed by atoms with Crippen molar-refractivity contribution < 1.29 is 0 Å². The van der Waals surface area contributed by atoms with E-state index in [9.17, 15) is 0 Å². The van der Waals surface area contributed by atoms with Crippen LogP contribution in [0.25, 0.3) is 34.4 Å². The fraction of sp³-hybridized carbons (Fsp3) is 0.118. The summed E-state index contributed by atoms with van der Waals surface area (Å²) in [5.41, 5.74) is 23.0. The van der Waals surface area contributed by atoms with E-state index in [1.54, 1.807) is 0 Å². The maximum Gasteiger partial charge on any atom is 0.0715 e. The highest BCUT2D eigenvalue weighted by Crippen LogP contribution is 2.61. The minimum atomic E-state index is -0.573. The molecule has 7 aromatic carbocycles. The third kappa shape index (κ3) is 4.40. The van der Waals surface area contributed by atoms with E-state index in [1.165, 1.54) is 72.4 Å². The van der Waals surface area contributed by atoms with Crippen LogP contribution >= 0.6 is 0 Å². The number of rotatable bonds is 6. The summed E-state index contributed by atoms with van der Waals surface area (Å²) in [4.78, 5) is 4.69. The second-order valence-corrected chi connectivity index (χ2v) is 15.2. The molecule has 53 heavy (non-hydrogen) atoms. The molecule has 7 aromatic rings. The van der Waals surface area contributed by atoms with E-state index in [-0.39, 0.29) is 5.41 Å². The Kier molecular flexibility index (Phi) is 6.86. The predicted molar refractivity (Wildman–Crippen MR) is 223 cm³/mol. The van der Waals surface area contributed by atoms with Gasteiger partial charge in [-0.25, -0.2) is 0 Å². The Hall–Kier alpha value is -6.34. The lowest BCUT2D eigenvalue weighted by molar-refractivity contribution is 0.654. The van der Waals surface area contributed by atoms with E-state index in [0.717, 1.165) is 17.1 Å². The lowest BCUT2D eigenvalue weighted by Crippen LogP contribution is -2.30. The summed E-state index contributed by atoms with van der Waals surface area (Å²) in [6.07, 6.45) is 4.29. The van der Waals surface area contributed by atoms with Crippen LogP contribution < -0.4 is 9.80 Å². The van der Waals surface area contributed by atoms with Crippen LogP contribution in [0.3, 0.4) is 0 Å². The van der Waals surface area contributed by atoms with Crippen molar-refractivity contribution in [2.45, 2.75) is 24.7 Å². The van der Waals surface area contributed by atoms with Crippen molar-refractivity contribution in [3.63, 3.8) is 0 Å². The summed E-state index contributed by atoms with van der Waals surface area (Å²) >= 11 is 0. The highest BCUT2D eigenvalue weighted by atomic mass is 15.1. The third-order valence-corrected chi connectivity index (χ3v) is 12.1. The van der Waals surface area contributed by atoms with Crippen LogP contribution in [0.15, 0.2) is 163 Å². The Morgan fingerprint density at radius 1 is 0.472 bits per heavy atom. The lowest BCUT2D eigenvalue weighted by atomic mass is 9.66. The zero-order valence-corrected chi connectivity index (χ0v) is 30.6. The van der Waals surface area contributed by atoms with Crippen LogP contribution in [0.1, 0.15) is 58.4 Å². The van der Waals surface area contributed by atoms with Crippen molar-refractivity contribution in [2.24, 2.45) is 0 Å². The maximum atomic E-state index is 3.38. The molecule has 0 amide bonds. The smallest absolute Gasteiger partial charge is 0.0715 e.